The zero-order chi connectivity index (χ0) is 10.3. The average Bonchev–Trinajstić information content (AvgIpc) is 2.93. The zero-order valence-electron chi connectivity index (χ0n) is 8.78. The molecule has 0 radical (unpaired) electrons. The fourth-order valence-corrected chi connectivity index (χ4v) is 2.30. The number of fused-ring (bicyclic) bond motifs is 1. The van der Waals surface area contributed by atoms with Crippen molar-refractivity contribution < 1.29 is 9.84 Å². The van der Waals surface area contributed by atoms with Gasteiger partial charge in [-0.1, -0.05) is 31.0 Å². The number of aliphatic hydroxyl groups is 1. The second-order valence-corrected chi connectivity index (χ2v) is 4.63. The fraction of sp³-hybridized carbons (Fsp3) is 0.538. The van der Waals surface area contributed by atoms with Crippen LogP contribution in [0.4, 0.5) is 0 Å². The molecule has 1 aliphatic heterocycles. The first-order valence-electron chi connectivity index (χ1n) is 5.77. The van der Waals surface area contributed by atoms with Crippen LogP contribution in [0.1, 0.15) is 36.5 Å². The number of hydrogen-bond donors (Lipinski definition) is 1. The fourth-order valence-electron chi connectivity index (χ4n) is 2.30. The van der Waals surface area contributed by atoms with Crippen molar-refractivity contribution in [3.8, 4) is 5.75 Å². The van der Waals surface area contributed by atoms with Gasteiger partial charge < -0.3 is 9.84 Å². The molecule has 2 nitrogen and oxygen atoms in total. The van der Waals surface area contributed by atoms with Gasteiger partial charge in [0.15, 0.2) is 0 Å². The van der Waals surface area contributed by atoms with Gasteiger partial charge in [0.2, 0.25) is 0 Å². The number of hydrogen-bond acceptors (Lipinski definition) is 2. The van der Waals surface area contributed by atoms with Crippen LogP contribution in [0.3, 0.4) is 0 Å². The lowest BCUT2D eigenvalue weighted by Gasteiger charge is -2.13. The normalized spacial score (nSPS) is 20.9. The molecule has 80 valence electrons. The van der Waals surface area contributed by atoms with E-state index in [0.29, 0.717) is 0 Å². The monoisotopic (exact) mass is 204 g/mol. The molecule has 1 N–H and O–H groups in total. The van der Waals surface area contributed by atoms with E-state index in [1.807, 2.05) is 12.1 Å². The van der Waals surface area contributed by atoms with Crippen molar-refractivity contribution in [2.75, 3.05) is 6.61 Å². The van der Waals surface area contributed by atoms with Crippen LogP contribution < -0.4 is 4.74 Å². The van der Waals surface area contributed by atoms with Crippen molar-refractivity contribution >= 4 is 0 Å². The molecule has 0 aromatic heterocycles. The molecule has 1 aliphatic carbocycles. The third-order valence-corrected chi connectivity index (χ3v) is 3.36. The summed E-state index contributed by atoms with van der Waals surface area (Å²) in [5.41, 5.74) is 2.25. The van der Waals surface area contributed by atoms with Gasteiger partial charge in [-0.15, -0.1) is 0 Å². The van der Waals surface area contributed by atoms with Crippen LogP contribution in [0.25, 0.3) is 0 Å². The van der Waals surface area contributed by atoms with Crippen LogP contribution in [0.5, 0.6) is 5.75 Å². The van der Waals surface area contributed by atoms with Crippen molar-refractivity contribution in [2.45, 2.75) is 31.8 Å². The van der Waals surface area contributed by atoms with Crippen molar-refractivity contribution in [1.82, 2.24) is 0 Å². The van der Waals surface area contributed by atoms with E-state index in [-0.39, 0.29) is 6.10 Å². The Morgan fingerprint density at radius 2 is 2.27 bits per heavy atom. The Balaban J connectivity index is 1.86. The van der Waals surface area contributed by atoms with Crippen LogP contribution in [0.15, 0.2) is 18.2 Å². The van der Waals surface area contributed by atoms with Gasteiger partial charge in [0, 0.05) is 12.0 Å². The van der Waals surface area contributed by atoms with E-state index < -0.39 is 0 Å². The number of aliphatic hydroxyl groups excluding tert-OH is 1. The highest BCUT2D eigenvalue weighted by Crippen LogP contribution is 2.41. The van der Waals surface area contributed by atoms with E-state index in [2.05, 4.69) is 6.07 Å². The lowest BCUT2D eigenvalue weighted by molar-refractivity contribution is 0.156. The molecule has 2 heteroatoms. The van der Waals surface area contributed by atoms with Crippen LogP contribution in [0.2, 0.25) is 0 Å². The van der Waals surface area contributed by atoms with Gasteiger partial charge in [-0.05, 0) is 17.9 Å². The summed E-state index contributed by atoms with van der Waals surface area (Å²) >= 11 is 0. The molecule has 0 bridgehead atoms. The minimum absolute atomic E-state index is 0.328. The molecule has 1 aromatic rings. The van der Waals surface area contributed by atoms with E-state index in [9.17, 15) is 5.11 Å². The molecule has 1 heterocycles. The van der Waals surface area contributed by atoms with Crippen LogP contribution in [-0.4, -0.2) is 11.7 Å². The molecule has 1 unspecified atom stereocenters. The third kappa shape index (κ3) is 1.74. The molecule has 1 atom stereocenters. The Morgan fingerprint density at radius 1 is 1.40 bits per heavy atom. The Morgan fingerprint density at radius 3 is 3.07 bits per heavy atom. The van der Waals surface area contributed by atoms with Gasteiger partial charge in [0.1, 0.15) is 5.75 Å². The molecule has 0 spiro atoms. The van der Waals surface area contributed by atoms with E-state index in [1.165, 1.54) is 18.4 Å². The van der Waals surface area contributed by atoms with Crippen LogP contribution in [-0.2, 0) is 6.42 Å². The first-order chi connectivity index (χ1) is 7.34. The maximum Gasteiger partial charge on any atom is 0.128 e. The second kappa shape index (κ2) is 3.53. The Labute approximate surface area is 89.9 Å². The molecular formula is C13H16O2. The van der Waals surface area contributed by atoms with Crippen molar-refractivity contribution in [2.24, 2.45) is 5.92 Å². The lowest BCUT2D eigenvalue weighted by Crippen LogP contribution is -2.01. The minimum atomic E-state index is -0.328. The van der Waals surface area contributed by atoms with E-state index in [1.54, 1.807) is 0 Å². The Hall–Kier alpha value is -1.02. The smallest absolute Gasteiger partial charge is 0.128 e. The van der Waals surface area contributed by atoms with Gasteiger partial charge in [-0.3, -0.25) is 0 Å². The van der Waals surface area contributed by atoms with Gasteiger partial charge in [-0.2, -0.15) is 0 Å². The highest BCUT2D eigenvalue weighted by Gasteiger charge is 2.28. The van der Waals surface area contributed by atoms with E-state index in [4.69, 9.17) is 4.74 Å². The number of benzene rings is 1. The molecule has 0 saturated heterocycles. The summed E-state index contributed by atoms with van der Waals surface area (Å²) in [5.74, 6) is 1.70. The molecule has 1 fully saturated rings. The van der Waals surface area contributed by atoms with Gasteiger partial charge >= 0.3 is 0 Å². The summed E-state index contributed by atoms with van der Waals surface area (Å²) in [6.45, 7) is 0.766. The molecule has 0 amide bonds. The largest absolute Gasteiger partial charge is 0.493 e. The molecule has 1 saturated carbocycles. The van der Waals surface area contributed by atoms with Gasteiger partial charge in [-0.25, -0.2) is 0 Å². The lowest BCUT2D eigenvalue weighted by atomic mass is 10.0. The maximum atomic E-state index is 10.1. The summed E-state index contributed by atoms with van der Waals surface area (Å²) in [4.78, 5) is 0. The molecule has 3 rings (SSSR count). The van der Waals surface area contributed by atoms with Crippen molar-refractivity contribution in [1.29, 1.82) is 0 Å². The highest BCUT2D eigenvalue weighted by molar-refractivity contribution is 5.45. The first kappa shape index (κ1) is 9.22. The quantitative estimate of drug-likeness (QED) is 0.819. The van der Waals surface area contributed by atoms with Crippen LogP contribution in [0, 0.1) is 5.92 Å². The van der Waals surface area contributed by atoms with Crippen molar-refractivity contribution in [3.63, 3.8) is 0 Å². The first-order valence-corrected chi connectivity index (χ1v) is 5.77. The standard InChI is InChI=1S/C13H16O2/c14-12(8-9-4-5-9)11-3-1-2-10-6-7-15-13(10)11/h1-3,9,12,14H,4-8H2. The molecule has 2 aliphatic rings. The topological polar surface area (TPSA) is 29.5 Å². The van der Waals surface area contributed by atoms with E-state index >= 15 is 0 Å². The zero-order valence-corrected chi connectivity index (χ0v) is 8.78. The third-order valence-electron chi connectivity index (χ3n) is 3.36. The summed E-state index contributed by atoms with van der Waals surface area (Å²) in [6, 6.07) is 6.12. The second-order valence-electron chi connectivity index (χ2n) is 4.63. The summed E-state index contributed by atoms with van der Waals surface area (Å²) < 4.78 is 5.59. The minimum Gasteiger partial charge on any atom is -0.493 e. The predicted octanol–water partition coefficient (Wildman–Crippen LogP) is 2.46. The SMILES string of the molecule is OC(CC1CC1)c1cccc2c1OCC2. The summed E-state index contributed by atoms with van der Waals surface area (Å²) in [7, 11) is 0. The number of ether oxygens (including phenoxy) is 1. The van der Waals surface area contributed by atoms with Gasteiger partial charge in [0.05, 0.1) is 12.7 Å². The highest BCUT2D eigenvalue weighted by atomic mass is 16.5. The van der Waals surface area contributed by atoms with Crippen molar-refractivity contribution in [3.05, 3.63) is 29.3 Å². The maximum absolute atomic E-state index is 10.1. The van der Waals surface area contributed by atoms with Crippen LogP contribution >= 0.6 is 0 Å². The molecule has 15 heavy (non-hydrogen) atoms. The van der Waals surface area contributed by atoms with E-state index in [0.717, 1.165) is 36.7 Å². The predicted molar refractivity (Wildman–Crippen MR) is 57.9 cm³/mol. The Kier molecular flexibility index (Phi) is 2.17. The summed E-state index contributed by atoms with van der Waals surface area (Å²) in [5, 5.41) is 10.1. The molecular weight excluding hydrogens is 188 g/mol. The summed E-state index contributed by atoms with van der Waals surface area (Å²) in [6.07, 6.45) is 4.13. The Bertz CT molecular complexity index is 369. The number of para-hydroxylation sites is 1. The molecule has 1 aromatic carbocycles. The number of rotatable bonds is 3. The average molecular weight is 204 g/mol. The van der Waals surface area contributed by atoms with Gasteiger partial charge in [0.25, 0.3) is 0 Å².